The Labute approximate surface area is 199 Å². The molecule has 1 aliphatic heterocycles. The van der Waals surface area contributed by atoms with Crippen molar-refractivity contribution in [3.8, 4) is 0 Å². The van der Waals surface area contributed by atoms with E-state index in [1.54, 1.807) is 6.07 Å². The van der Waals surface area contributed by atoms with Crippen molar-refractivity contribution in [2.45, 2.75) is 36.0 Å². The van der Waals surface area contributed by atoms with Crippen LogP contribution in [0.15, 0.2) is 39.0 Å². The molecule has 0 bridgehead atoms. The van der Waals surface area contributed by atoms with Gasteiger partial charge in [0.25, 0.3) is 0 Å². The Kier molecular flexibility index (Phi) is 8.40. The van der Waals surface area contributed by atoms with Crippen LogP contribution >= 0.6 is 12.0 Å². The molecule has 0 spiro atoms. The van der Waals surface area contributed by atoms with E-state index < -0.39 is 20.4 Å². The Hall–Kier alpha value is 0.510. The van der Waals surface area contributed by atoms with E-state index in [0.29, 0.717) is 27.7 Å². The van der Waals surface area contributed by atoms with Gasteiger partial charge >= 0.3 is 59.1 Å². The summed E-state index contributed by atoms with van der Waals surface area (Å²) in [6.45, 7) is 5.84. The molecule has 0 saturated carbocycles. The van der Waals surface area contributed by atoms with E-state index in [0.717, 1.165) is 23.0 Å². The molecule has 0 atom stereocenters. The van der Waals surface area contributed by atoms with Crippen LogP contribution in [0.1, 0.15) is 26.3 Å². The summed E-state index contributed by atoms with van der Waals surface area (Å²) in [6.07, 6.45) is 0. The minimum absolute atomic E-state index is 0. The molecule has 7 nitrogen and oxygen atoms in total. The second-order valence-electron chi connectivity index (χ2n) is 5.97. The third-order valence-corrected chi connectivity index (χ3v) is 5.76. The largest absolute Gasteiger partial charge is 1.00 e. The van der Waals surface area contributed by atoms with E-state index in [4.69, 9.17) is 0 Å². The zero-order valence-electron chi connectivity index (χ0n) is 15.0. The molecule has 0 amide bonds. The first-order chi connectivity index (χ1) is 11.2. The maximum Gasteiger partial charge on any atom is 1.00 e. The van der Waals surface area contributed by atoms with Gasteiger partial charge in [-0.05, 0) is 41.5 Å². The average molecular weight is 413 g/mol. The van der Waals surface area contributed by atoms with Gasteiger partial charge in [-0.1, -0.05) is 19.9 Å². The topological polar surface area (TPSA) is 111 Å². The molecule has 0 aromatic heterocycles. The number of hydrogen-bond donors (Lipinski definition) is 0. The minimum atomic E-state index is -4.69. The van der Waals surface area contributed by atoms with Crippen molar-refractivity contribution in [3.05, 3.63) is 29.8 Å². The van der Waals surface area contributed by atoms with Crippen LogP contribution < -0.4 is 64.4 Å². The van der Waals surface area contributed by atoms with Crippen molar-refractivity contribution in [2.75, 3.05) is 0 Å². The molecule has 0 N–H and O–H groups in total. The quantitative estimate of drug-likeness (QED) is 0.167. The molecule has 0 saturated heterocycles. The van der Waals surface area contributed by atoms with E-state index in [2.05, 4.69) is 14.4 Å². The van der Waals surface area contributed by atoms with Crippen molar-refractivity contribution in [2.24, 2.45) is 4.99 Å². The number of rotatable bonds is 4. The first-order valence-electron chi connectivity index (χ1n) is 6.92. The molecule has 1 heterocycles. The van der Waals surface area contributed by atoms with Gasteiger partial charge in [0.2, 0.25) is 0 Å². The zero-order valence-corrected chi connectivity index (χ0v) is 20.7. The summed E-state index contributed by atoms with van der Waals surface area (Å²) in [5, 5.41) is 14.7. The Morgan fingerprint density at radius 1 is 1.15 bits per heavy atom. The van der Waals surface area contributed by atoms with Crippen LogP contribution in [0.5, 0.6) is 0 Å². The number of hydrogen-bond acceptors (Lipinski definition) is 8. The molecule has 2 aromatic rings. The van der Waals surface area contributed by atoms with Gasteiger partial charge in [0.15, 0.2) is 0 Å². The molecule has 0 radical (unpaired) electrons. The molecule has 26 heavy (non-hydrogen) atoms. The second-order valence-corrected chi connectivity index (χ2v) is 8.09. The fourth-order valence-electron chi connectivity index (χ4n) is 2.88. The van der Waals surface area contributed by atoms with Crippen LogP contribution in [-0.4, -0.2) is 18.7 Å². The van der Waals surface area contributed by atoms with Crippen LogP contribution in [0.3, 0.4) is 0 Å². The summed E-state index contributed by atoms with van der Waals surface area (Å²) in [5.74, 6) is 0. The molecular weight excluding hydrogens is 400 g/mol. The summed E-state index contributed by atoms with van der Waals surface area (Å²) >= 11 is 0.551. The zero-order chi connectivity index (χ0) is 17.7. The third-order valence-electron chi connectivity index (χ3n) is 4.31. The Morgan fingerprint density at radius 2 is 1.81 bits per heavy atom. The number of benzene rings is 2. The van der Waals surface area contributed by atoms with Crippen molar-refractivity contribution in [1.82, 2.24) is 0 Å². The SMILES string of the molecule is CC1=Nc2ccc3c(SOO[O-])cc(S(=O)(=O)[O-])cc3c2C1(C)C.[Na+].[Na+]. The molecule has 0 unspecified atom stereocenters. The molecule has 0 aliphatic carbocycles. The van der Waals surface area contributed by atoms with Crippen molar-refractivity contribution >= 4 is 44.3 Å². The molecule has 1 aliphatic rings. The predicted molar refractivity (Wildman–Crippen MR) is 85.7 cm³/mol. The van der Waals surface area contributed by atoms with Crippen molar-refractivity contribution in [3.63, 3.8) is 0 Å². The monoisotopic (exact) mass is 413 g/mol. The van der Waals surface area contributed by atoms with E-state index in [1.807, 2.05) is 26.8 Å². The standard InChI is InChI=1S/C15H15NO6S2.2Na/c1-8-15(2,3)14-11-6-9(24(18,19)20)7-13(23-22-21-17)10(11)4-5-12(14)16-8;;/h4-7,17H,1-3H3,(H,18,19,20);;/q;2*+1/p-2. The van der Waals surface area contributed by atoms with Gasteiger partial charge in [0.05, 0.1) is 22.6 Å². The van der Waals surface area contributed by atoms with Crippen LogP contribution in [0.4, 0.5) is 5.69 Å². The van der Waals surface area contributed by atoms with Gasteiger partial charge in [0.1, 0.15) is 10.1 Å². The first kappa shape index (κ1) is 24.5. The van der Waals surface area contributed by atoms with Gasteiger partial charge in [0, 0.05) is 16.0 Å². The van der Waals surface area contributed by atoms with Gasteiger partial charge in [-0.25, -0.2) is 8.42 Å². The predicted octanol–water partition coefficient (Wildman–Crippen LogP) is -3.63. The number of fused-ring (bicyclic) bond motifs is 3. The van der Waals surface area contributed by atoms with E-state index >= 15 is 0 Å². The third kappa shape index (κ3) is 4.40. The molecule has 0 fully saturated rings. The summed E-state index contributed by atoms with van der Waals surface area (Å²) in [5.41, 5.74) is 2.02. The molecule has 128 valence electrons. The first-order valence-corrected chi connectivity index (χ1v) is 9.07. The van der Waals surface area contributed by atoms with Gasteiger partial charge in [-0.2, -0.15) is 4.33 Å². The molecule has 11 heteroatoms. The van der Waals surface area contributed by atoms with Crippen molar-refractivity contribution in [1.29, 1.82) is 0 Å². The van der Waals surface area contributed by atoms with Crippen LogP contribution in [0, 0.1) is 0 Å². The second kappa shape index (κ2) is 8.89. The molecule has 2 aromatic carbocycles. The Bertz CT molecular complexity index is 976. The fourth-order valence-corrected chi connectivity index (χ4v) is 4.02. The average Bonchev–Trinajstić information content (AvgIpc) is 2.73. The van der Waals surface area contributed by atoms with Gasteiger partial charge in [-0.3, -0.25) is 10.0 Å². The van der Waals surface area contributed by atoms with Crippen LogP contribution in [-0.2, 0) is 24.9 Å². The number of nitrogens with zero attached hydrogens (tertiary/aromatic N) is 1. The van der Waals surface area contributed by atoms with E-state index in [-0.39, 0.29) is 59.1 Å². The van der Waals surface area contributed by atoms with E-state index in [9.17, 15) is 18.2 Å². The van der Waals surface area contributed by atoms with Gasteiger partial charge < -0.3 is 9.81 Å². The summed E-state index contributed by atoms with van der Waals surface area (Å²) in [4.78, 5) is 4.41. The Balaban J connectivity index is 0.00000169. The smallest absolute Gasteiger partial charge is 0.744 e. The van der Waals surface area contributed by atoms with Crippen LogP contribution in [0.2, 0.25) is 0 Å². The summed E-state index contributed by atoms with van der Waals surface area (Å²) in [6, 6.07) is 6.05. The van der Waals surface area contributed by atoms with Crippen molar-refractivity contribution < 1.29 is 86.7 Å². The maximum atomic E-state index is 11.5. The van der Waals surface area contributed by atoms with Gasteiger partial charge in [-0.15, -0.1) is 0 Å². The van der Waals surface area contributed by atoms with Crippen LogP contribution in [0.25, 0.3) is 10.8 Å². The molecule has 3 rings (SSSR count). The Morgan fingerprint density at radius 3 is 2.38 bits per heavy atom. The minimum Gasteiger partial charge on any atom is -0.744 e. The normalized spacial score (nSPS) is 15.0. The van der Waals surface area contributed by atoms with E-state index in [1.165, 1.54) is 6.07 Å². The summed E-state index contributed by atoms with van der Waals surface area (Å²) < 4.78 is 38.8. The molecular formula is C15H13NNa2O6S2. The maximum absolute atomic E-state index is 11.5. The summed E-state index contributed by atoms with van der Waals surface area (Å²) in [7, 11) is -4.69. The fraction of sp³-hybridized carbons (Fsp3) is 0.267. The number of aliphatic imine (C=N–C) groups is 1.